The van der Waals surface area contributed by atoms with Crippen molar-refractivity contribution in [2.24, 2.45) is 0 Å². The van der Waals surface area contributed by atoms with Gasteiger partial charge in [0.15, 0.2) is 0 Å². The summed E-state index contributed by atoms with van der Waals surface area (Å²) in [5, 5.41) is 15.5. The van der Waals surface area contributed by atoms with Gasteiger partial charge in [0.05, 0.1) is 18.4 Å². The van der Waals surface area contributed by atoms with Crippen LogP contribution >= 0.6 is 0 Å². The van der Waals surface area contributed by atoms with Gasteiger partial charge in [-0.05, 0) is 30.7 Å². The molecule has 5 nitrogen and oxygen atoms in total. The number of unbranched alkanes of at least 4 members (excludes halogenated alkanes) is 1. The SMILES string of the molecule is CCCCNc1ccccc1C(=O)NC(CO)c1ccco1. The number of carbonyl (C=O) groups is 1. The summed E-state index contributed by atoms with van der Waals surface area (Å²) in [4.78, 5) is 12.5. The van der Waals surface area contributed by atoms with Crippen LogP contribution in [-0.2, 0) is 0 Å². The summed E-state index contributed by atoms with van der Waals surface area (Å²) in [5.74, 6) is 0.294. The summed E-state index contributed by atoms with van der Waals surface area (Å²) in [6.45, 7) is 2.72. The van der Waals surface area contributed by atoms with E-state index in [1.165, 1.54) is 6.26 Å². The third-order valence-corrected chi connectivity index (χ3v) is 3.39. The van der Waals surface area contributed by atoms with Crippen molar-refractivity contribution in [1.82, 2.24) is 5.32 Å². The van der Waals surface area contributed by atoms with Gasteiger partial charge in [-0.25, -0.2) is 0 Å². The second kappa shape index (κ2) is 8.24. The maximum atomic E-state index is 12.5. The molecule has 0 fully saturated rings. The summed E-state index contributed by atoms with van der Waals surface area (Å²) < 4.78 is 5.24. The first-order chi connectivity index (χ1) is 10.8. The second-order valence-electron chi connectivity index (χ2n) is 5.05. The number of carbonyl (C=O) groups excluding carboxylic acids is 1. The van der Waals surface area contributed by atoms with E-state index in [0.29, 0.717) is 11.3 Å². The third kappa shape index (κ3) is 4.11. The van der Waals surface area contributed by atoms with Crippen molar-refractivity contribution in [3.05, 3.63) is 54.0 Å². The maximum Gasteiger partial charge on any atom is 0.254 e. The minimum absolute atomic E-state index is 0.218. The van der Waals surface area contributed by atoms with Gasteiger partial charge in [0.2, 0.25) is 0 Å². The Kier molecular flexibility index (Phi) is 6.03. The van der Waals surface area contributed by atoms with Gasteiger partial charge in [0.1, 0.15) is 11.8 Å². The number of rotatable bonds is 8. The molecule has 0 bridgehead atoms. The van der Waals surface area contributed by atoms with Crippen molar-refractivity contribution in [2.45, 2.75) is 25.8 Å². The van der Waals surface area contributed by atoms with Gasteiger partial charge >= 0.3 is 0 Å². The molecule has 1 amide bonds. The zero-order valence-corrected chi connectivity index (χ0v) is 12.7. The molecule has 0 spiro atoms. The predicted octanol–water partition coefficient (Wildman–Crippen LogP) is 2.96. The molecule has 0 saturated carbocycles. The van der Waals surface area contributed by atoms with E-state index in [4.69, 9.17) is 4.42 Å². The molecule has 0 radical (unpaired) electrons. The lowest BCUT2D eigenvalue weighted by atomic mass is 10.1. The minimum Gasteiger partial charge on any atom is -0.467 e. The summed E-state index contributed by atoms with van der Waals surface area (Å²) in [6.07, 6.45) is 3.65. The van der Waals surface area contributed by atoms with E-state index in [9.17, 15) is 9.90 Å². The molecule has 0 aliphatic heterocycles. The Labute approximate surface area is 130 Å². The lowest BCUT2D eigenvalue weighted by Crippen LogP contribution is -2.31. The van der Waals surface area contributed by atoms with Gasteiger partial charge in [0, 0.05) is 12.2 Å². The van der Waals surface area contributed by atoms with E-state index < -0.39 is 6.04 Å². The second-order valence-corrected chi connectivity index (χ2v) is 5.05. The Bertz CT molecular complexity index is 581. The highest BCUT2D eigenvalue weighted by atomic mass is 16.3. The number of benzene rings is 1. The molecule has 2 aromatic rings. The van der Waals surface area contributed by atoms with Crippen molar-refractivity contribution < 1.29 is 14.3 Å². The number of anilines is 1. The first-order valence-corrected chi connectivity index (χ1v) is 7.54. The van der Waals surface area contributed by atoms with Crippen LogP contribution in [0.1, 0.15) is 41.9 Å². The lowest BCUT2D eigenvalue weighted by molar-refractivity contribution is 0.0908. The standard InChI is InChI=1S/C17H22N2O3/c1-2-3-10-18-14-8-5-4-7-13(14)17(21)19-15(12-20)16-9-6-11-22-16/h4-9,11,15,18,20H,2-3,10,12H2,1H3,(H,19,21). The number of aliphatic hydroxyl groups excluding tert-OH is 1. The minimum atomic E-state index is -0.550. The first kappa shape index (κ1) is 16.1. The molecular weight excluding hydrogens is 280 g/mol. The molecule has 5 heteroatoms. The number of aliphatic hydroxyl groups is 1. The van der Waals surface area contributed by atoms with E-state index in [2.05, 4.69) is 17.6 Å². The van der Waals surface area contributed by atoms with Crippen LogP contribution in [-0.4, -0.2) is 24.2 Å². The fourth-order valence-corrected chi connectivity index (χ4v) is 2.17. The number of para-hydroxylation sites is 1. The van der Waals surface area contributed by atoms with E-state index >= 15 is 0 Å². The Morgan fingerprint density at radius 1 is 1.27 bits per heavy atom. The molecule has 1 atom stereocenters. The van der Waals surface area contributed by atoms with Crippen molar-refractivity contribution in [1.29, 1.82) is 0 Å². The topological polar surface area (TPSA) is 74.5 Å². The van der Waals surface area contributed by atoms with Crippen LogP contribution in [0.5, 0.6) is 0 Å². The zero-order chi connectivity index (χ0) is 15.8. The molecule has 1 heterocycles. The zero-order valence-electron chi connectivity index (χ0n) is 12.7. The molecule has 118 valence electrons. The number of nitrogens with one attached hydrogen (secondary N) is 2. The fraction of sp³-hybridized carbons (Fsp3) is 0.353. The average Bonchev–Trinajstić information content (AvgIpc) is 3.07. The molecule has 1 aromatic heterocycles. The molecular formula is C17H22N2O3. The lowest BCUT2D eigenvalue weighted by Gasteiger charge is -2.16. The normalized spacial score (nSPS) is 11.9. The van der Waals surface area contributed by atoms with Crippen LogP contribution in [0.2, 0.25) is 0 Å². The fourth-order valence-electron chi connectivity index (χ4n) is 2.17. The Morgan fingerprint density at radius 2 is 2.09 bits per heavy atom. The van der Waals surface area contributed by atoms with Crippen molar-refractivity contribution in [3.63, 3.8) is 0 Å². The van der Waals surface area contributed by atoms with Gasteiger partial charge in [0.25, 0.3) is 5.91 Å². The third-order valence-electron chi connectivity index (χ3n) is 3.39. The Hall–Kier alpha value is -2.27. The predicted molar refractivity (Wildman–Crippen MR) is 85.8 cm³/mol. The molecule has 1 aromatic carbocycles. The van der Waals surface area contributed by atoms with Crippen LogP contribution in [0, 0.1) is 0 Å². The monoisotopic (exact) mass is 302 g/mol. The van der Waals surface area contributed by atoms with Crippen molar-refractivity contribution >= 4 is 11.6 Å². The summed E-state index contributed by atoms with van der Waals surface area (Å²) in [6, 6.07) is 10.3. The van der Waals surface area contributed by atoms with Gasteiger partial charge in [-0.2, -0.15) is 0 Å². The Balaban J connectivity index is 2.08. The van der Waals surface area contributed by atoms with Crippen LogP contribution in [0.25, 0.3) is 0 Å². The van der Waals surface area contributed by atoms with E-state index in [1.807, 2.05) is 18.2 Å². The molecule has 0 aliphatic rings. The molecule has 3 N–H and O–H groups in total. The highest BCUT2D eigenvalue weighted by molar-refractivity contribution is 5.99. The van der Waals surface area contributed by atoms with Gasteiger partial charge < -0.3 is 20.2 Å². The summed E-state index contributed by atoms with van der Waals surface area (Å²) in [5.41, 5.74) is 1.35. The van der Waals surface area contributed by atoms with Crippen LogP contribution in [0.15, 0.2) is 47.1 Å². The molecule has 2 rings (SSSR count). The van der Waals surface area contributed by atoms with Crippen molar-refractivity contribution in [3.8, 4) is 0 Å². The van der Waals surface area contributed by atoms with Crippen LogP contribution in [0.3, 0.4) is 0 Å². The van der Waals surface area contributed by atoms with Crippen LogP contribution < -0.4 is 10.6 Å². The number of furan rings is 1. The Morgan fingerprint density at radius 3 is 2.77 bits per heavy atom. The smallest absolute Gasteiger partial charge is 0.254 e. The molecule has 0 saturated heterocycles. The summed E-state index contributed by atoms with van der Waals surface area (Å²) >= 11 is 0. The number of amides is 1. The average molecular weight is 302 g/mol. The van der Waals surface area contributed by atoms with Gasteiger partial charge in [-0.1, -0.05) is 25.5 Å². The highest BCUT2D eigenvalue weighted by Gasteiger charge is 2.18. The molecule has 1 unspecified atom stereocenters. The van der Waals surface area contributed by atoms with Gasteiger partial charge in [-0.3, -0.25) is 4.79 Å². The quantitative estimate of drug-likeness (QED) is 0.655. The van der Waals surface area contributed by atoms with Crippen molar-refractivity contribution in [2.75, 3.05) is 18.5 Å². The largest absolute Gasteiger partial charge is 0.467 e. The summed E-state index contributed by atoms with van der Waals surface area (Å²) in [7, 11) is 0. The van der Waals surface area contributed by atoms with Crippen LogP contribution in [0.4, 0.5) is 5.69 Å². The molecule has 0 aliphatic carbocycles. The number of hydrogen-bond acceptors (Lipinski definition) is 4. The highest BCUT2D eigenvalue weighted by Crippen LogP contribution is 2.18. The molecule has 22 heavy (non-hydrogen) atoms. The van der Waals surface area contributed by atoms with E-state index in [-0.39, 0.29) is 12.5 Å². The number of hydrogen-bond donors (Lipinski definition) is 3. The maximum absolute atomic E-state index is 12.5. The van der Waals surface area contributed by atoms with E-state index in [1.54, 1.807) is 18.2 Å². The van der Waals surface area contributed by atoms with Gasteiger partial charge in [-0.15, -0.1) is 0 Å². The van der Waals surface area contributed by atoms with E-state index in [0.717, 1.165) is 25.1 Å². The first-order valence-electron chi connectivity index (χ1n) is 7.54.